The summed E-state index contributed by atoms with van der Waals surface area (Å²) < 4.78 is 0. The molecular weight excluding hydrogens is 316 g/mol. The van der Waals surface area contributed by atoms with E-state index in [1.165, 1.54) is 0 Å². The van der Waals surface area contributed by atoms with Gasteiger partial charge in [0.25, 0.3) is 0 Å². The number of amides is 2. The second kappa shape index (κ2) is 7.29. The van der Waals surface area contributed by atoms with Crippen LogP contribution in [-0.4, -0.2) is 66.9 Å². The average molecular weight is 337 g/mol. The largest absolute Gasteiger partial charge is 0.355 e. The third kappa shape index (κ3) is 4.22. The molecular formula is C16H21ClN4O2. The van der Waals surface area contributed by atoms with Crippen LogP contribution in [0.15, 0.2) is 24.3 Å². The Kier molecular flexibility index (Phi) is 5.15. The van der Waals surface area contributed by atoms with Crippen molar-refractivity contribution in [2.45, 2.75) is 12.5 Å². The molecule has 3 rings (SSSR count). The van der Waals surface area contributed by atoms with Crippen molar-refractivity contribution in [2.75, 3.05) is 44.6 Å². The van der Waals surface area contributed by atoms with E-state index in [1.807, 2.05) is 0 Å². The first-order valence-corrected chi connectivity index (χ1v) is 8.29. The fraction of sp³-hybridized carbons (Fsp3) is 0.500. The Morgan fingerprint density at radius 3 is 2.52 bits per heavy atom. The van der Waals surface area contributed by atoms with Gasteiger partial charge in [-0.3, -0.25) is 19.4 Å². The van der Waals surface area contributed by atoms with Gasteiger partial charge in [0.15, 0.2) is 0 Å². The molecule has 2 aliphatic heterocycles. The standard InChI is InChI=1S/C16H21ClN4O2/c17-12-1-3-13(4-2-12)19-15(22)11-20-7-9-21(10-8-20)14-5-6-18-16(14)23/h1-4,14H,5-11H2,(H,18,23)(H,19,22)/t14-/m1/s1. The van der Waals surface area contributed by atoms with Crippen LogP contribution in [-0.2, 0) is 9.59 Å². The highest BCUT2D eigenvalue weighted by Gasteiger charge is 2.32. The zero-order valence-corrected chi connectivity index (χ0v) is 13.7. The predicted octanol–water partition coefficient (Wildman–Crippen LogP) is 0.785. The summed E-state index contributed by atoms with van der Waals surface area (Å²) in [6, 6.07) is 7.10. The normalized spacial score (nSPS) is 22.8. The van der Waals surface area contributed by atoms with Crippen molar-refractivity contribution < 1.29 is 9.59 Å². The average Bonchev–Trinajstić information content (AvgIpc) is 2.96. The molecule has 2 heterocycles. The molecule has 1 aromatic rings. The van der Waals surface area contributed by atoms with Crippen LogP contribution in [0.4, 0.5) is 5.69 Å². The van der Waals surface area contributed by atoms with Crippen LogP contribution in [0.3, 0.4) is 0 Å². The van der Waals surface area contributed by atoms with E-state index in [4.69, 9.17) is 11.6 Å². The molecule has 2 amide bonds. The maximum Gasteiger partial charge on any atom is 0.238 e. The lowest BCUT2D eigenvalue weighted by atomic mass is 10.2. The number of nitrogens with zero attached hydrogens (tertiary/aromatic N) is 2. The third-order valence-corrected chi connectivity index (χ3v) is 4.61. The minimum absolute atomic E-state index is 0.0139. The van der Waals surface area contributed by atoms with E-state index in [-0.39, 0.29) is 17.9 Å². The first-order chi connectivity index (χ1) is 11.1. The van der Waals surface area contributed by atoms with Crippen molar-refractivity contribution in [1.29, 1.82) is 0 Å². The molecule has 0 aromatic heterocycles. The number of rotatable bonds is 4. The highest BCUT2D eigenvalue weighted by molar-refractivity contribution is 6.30. The number of anilines is 1. The van der Waals surface area contributed by atoms with Crippen LogP contribution in [0.1, 0.15) is 6.42 Å². The lowest BCUT2D eigenvalue weighted by Crippen LogP contribution is -2.53. The predicted molar refractivity (Wildman–Crippen MR) is 89.5 cm³/mol. The number of halogens is 1. The van der Waals surface area contributed by atoms with Gasteiger partial charge in [0.05, 0.1) is 12.6 Å². The van der Waals surface area contributed by atoms with Crippen molar-refractivity contribution in [3.8, 4) is 0 Å². The number of carbonyl (C=O) groups is 2. The molecule has 0 aliphatic carbocycles. The summed E-state index contributed by atoms with van der Waals surface area (Å²) in [5.41, 5.74) is 0.751. The summed E-state index contributed by atoms with van der Waals surface area (Å²) in [6.07, 6.45) is 0.885. The van der Waals surface area contributed by atoms with Crippen LogP contribution in [0.2, 0.25) is 5.02 Å². The van der Waals surface area contributed by atoms with Gasteiger partial charge in [0.1, 0.15) is 0 Å². The molecule has 0 spiro atoms. The Labute approximate surface area is 140 Å². The zero-order valence-electron chi connectivity index (χ0n) is 12.9. The fourth-order valence-electron chi connectivity index (χ4n) is 3.10. The summed E-state index contributed by atoms with van der Waals surface area (Å²) in [7, 11) is 0. The van der Waals surface area contributed by atoms with Crippen molar-refractivity contribution in [2.24, 2.45) is 0 Å². The Morgan fingerprint density at radius 1 is 1.22 bits per heavy atom. The lowest BCUT2D eigenvalue weighted by molar-refractivity contribution is -0.125. The molecule has 0 saturated carbocycles. The van der Waals surface area contributed by atoms with Crippen molar-refractivity contribution in [1.82, 2.24) is 15.1 Å². The summed E-state index contributed by atoms with van der Waals surface area (Å²) in [4.78, 5) is 28.1. The van der Waals surface area contributed by atoms with Crippen LogP contribution >= 0.6 is 11.6 Å². The molecule has 124 valence electrons. The quantitative estimate of drug-likeness (QED) is 0.853. The Morgan fingerprint density at radius 2 is 1.91 bits per heavy atom. The third-order valence-electron chi connectivity index (χ3n) is 4.36. The molecule has 0 radical (unpaired) electrons. The summed E-state index contributed by atoms with van der Waals surface area (Å²) >= 11 is 5.83. The summed E-state index contributed by atoms with van der Waals surface area (Å²) in [5.74, 6) is 0.110. The topological polar surface area (TPSA) is 64.7 Å². The van der Waals surface area contributed by atoms with Gasteiger partial charge in [-0.1, -0.05) is 11.6 Å². The van der Waals surface area contributed by atoms with Gasteiger partial charge in [-0.05, 0) is 30.7 Å². The molecule has 2 fully saturated rings. The van der Waals surface area contributed by atoms with E-state index >= 15 is 0 Å². The highest BCUT2D eigenvalue weighted by atomic mass is 35.5. The monoisotopic (exact) mass is 336 g/mol. The first kappa shape index (κ1) is 16.2. The SMILES string of the molecule is O=C(CN1CCN([C@@H]2CCNC2=O)CC1)Nc1ccc(Cl)cc1. The maximum atomic E-state index is 12.1. The number of hydrogen-bond acceptors (Lipinski definition) is 4. The Bertz CT molecular complexity index is 570. The van der Waals surface area contributed by atoms with Gasteiger partial charge in [-0.25, -0.2) is 0 Å². The first-order valence-electron chi connectivity index (χ1n) is 7.91. The van der Waals surface area contributed by atoms with E-state index in [9.17, 15) is 9.59 Å². The van der Waals surface area contributed by atoms with Gasteiger partial charge in [-0.15, -0.1) is 0 Å². The Balaban J connectivity index is 1.44. The van der Waals surface area contributed by atoms with Crippen LogP contribution in [0, 0.1) is 0 Å². The van der Waals surface area contributed by atoms with E-state index < -0.39 is 0 Å². The van der Waals surface area contributed by atoms with E-state index in [1.54, 1.807) is 24.3 Å². The molecule has 23 heavy (non-hydrogen) atoms. The van der Waals surface area contributed by atoms with Gasteiger partial charge >= 0.3 is 0 Å². The van der Waals surface area contributed by atoms with Crippen LogP contribution in [0.25, 0.3) is 0 Å². The molecule has 0 bridgehead atoms. The molecule has 1 aromatic carbocycles. The summed E-state index contributed by atoms with van der Waals surface area (Å²) in [5, 5.41) is 6.39. The van der Waals surface area contributed by atoms with Crippen LogP contribution in [0.5, 0.6) is 0 Å². The van der Waals surface area contributed by atoms with Crippen molar-refractivity contribution >= 4 is 29.1 Å². The second-order valence-corrected chi connectivity index (χ2v) is 6.40. The smallest absolute Gasteiger partial charge is 0.238 e. The van der Waals surface area contributed by atoms with Crippen molar-refractivity contribution in [3.63, 3.8) is 0 Å². The molecule has 2 aliphatic rings. The number of benzene rings is 1. The van der Waals surface area contributed by atoms with Crippen molar-refractivity contribution in [3.05, 3.63) is 29.3 Å². The lowest BCUT2D eigenvalue weighted by Gasteiger charge is -2.36. The maximum absolute atomic E-state index is 12.1. The fourth-order valence-corrected chi connectivity index (χ4v) is 3.23. The molecule has 7 heteroatoms. The minimum atomic E-state index is -0.0284. The molecule has 2 saturated heterocycles. The Hall–Kier alpha value is -1.63. The van der Waals surface area contributed by atoms with Crippen LogP contribution < -0.4 is 10.6 Å². The number of carbonyl (C=O) groups excluding carboxylic acids is 2. The van der Waals surface area contributed by atoms with Gasteiger partial charge in [0, 0.05) is 43.4 Å². The molecule has 1 atom stereocenters. The summed E-state index contributed by atoms with van der Waals surface area (Å²) in [6.45, 7) is 4.40. The number of nitrogens with one attached hydrogen (secondary N) is 2. The van der Waals surface area contributed by atoms with Gasteiger partial charge in [-0.2, -0.15) is 0 Å². The van der Waals surface area contributed by atoms with Gasteiger partial charge < -0.3 is 10.6 Å². The molecule has 2 N–H and O–H groups in total. The molecule has 0 unspecified atom stereocenters. The molecule has 6 nitrogen and oxygen atoms in total. The number of hydrogen-bond donors (Lipinski definition) is 2. The van der Waals surface area contributed by atoms with E-state index in [2.05, 4.69) is 20.4 Å². The van der Waals surface area contributed by atoms with Gasteiger partial charge in [0.2, 0.25) is 11.8 Å². The van der Waals surface area contributed by atoms with E-state index in [0.29, 0.717) is 11.6 Å². The second-order valence-electron chi connectivity index (χ2n) is 5.96. The highest BCUT2D eigenvalue weighted by Crippen LogP contribution is 2.15. The zero-order chi connectivity index (χ0) is 16.2. The number of piperazine rings is 1. The minimum Gasteiger partial charge on any atom is -0.355 e. The van der Waals surface area contributed by atoms with E-state index in [0.717, 1.165) is 44.8 Å².